The molecule has 3 heteroatoms. The molecule has 1 aromatic rings. The van der Waals surface area contributed by atoms with Crippen LogP contribution in [0.4, 0.5) is 0 Å². The molecule has 0 spiro atoms. The van der Waals surface area contributed by atoms with E-state index in [9.17, 15) is 0 Å². The highest BCUT2D eigenvalue weighted by Gasteiger charge is 2.01. The molecule has 0 amide bonds. The quantitative estimate of drug-likeness (QED) is 0.743. The summed E-state index contributed by atoms with van der Waals surface area (Å²) in [6, 6.07) is 9.57. The first kappa shape index (κ1) is 13.6. The van der Waals surface area contributed by atoms with Gasteiger partial charge in [0.05, 0.1) is 0 Å². The first-order valence-corrected chi connectivity index (χ1v) is 6.07. The maximum absolute atomic E-state index is 8.39. The topological polar surface area (TPSA) is 33.0 Å². The molecule has 0 heterocycles. The van der Waals surface area contributed by atoms with E-state index >= 15 is 0 Å². The van der Waals surface area contributed by atoms with Crippen molar-refractivity contribution in [3.8, 4) is 11.8 Å². The molecule has 0 bridgehead atoms. The monoisotopic (exact) mass is 249 g/mol. The zero-order valence-corrected chi connectivity index (χ0v) is 10.9. The van der Waals surface area contributed by atoms with E-state index in [0.717, 1.165) is 5.56 Å². The van der Waals surface area contributed by atoms with Crippen molar-refractivity contribution in [1.82, 2.24) is 0 Å². The van der Waals surface area contributed by atoms with Crippen molar-refractivity contribution in [2.24, 2.45) is 5.92 Å². The van der Waals surface area contributed by atoms with Gasteiger partial charge < -0.3 is 4.74 Å². The van der Waals surface area contributed by atoms with Crippen LogP contribution in [0.25, 0.3) is 6.08 Å². The number of nitriles is 1. The number of benzene rings is 1. The predicted molar refractivity (Wildman–Crippen MR) is 71.1 cm³/mol. The van der Waals surface area contributed by atoms with E-state index in [1.54, 1.807) is 0 Å². The first-order valence-electron chi connectivity index (χ1n) is 5.53. The van der Waals surface area contributed by atoms with Crippen LogP contribution in [0.15, 0.2) is 29.8 Å². The predicted octanol–water partition coefficient (Wildman–Crippen LogP) is 3.87. The fourth-order valence-corrected chi connectivity index (χ4v) is 1.74. The van der Waals surface area contributed by atoms with Crippen molar-refractivity contribution >= 4 is 17.7 Å². The molecule has 0 aliphatic carbocycles. The molecule has 0 aliphatic rings. The van der Waals surface area contributed by atoms with E-state index in [4.69, 9.17) is 21.6 Å². The lowest BCUT2D eigenvalue weighted by Gasteiger charge is -2.08. The molecule has 0 aliphatic heterocycles. The van der Waals surface area contributed by atoms with Gasteiger partial charge in [-0.25, -0.2) is 0 Å². The largest absolute Gasteiger partial charge is 0.479 e. The molecule has 0 radical (unpaired) electrons. The molecule has 0 fully saturated rings. The molecule has 0 aromatic heterocycles. The minimum absolute atomic E-state index is 0.0775. The zero-order valence-electron chi connectivity index (χ0n) is 10.1. The molecule has 2 nitrogen and oxygen atoms in total. The van der Waals surface area contributed by atoms with Gasteiger partial charge in [-0.05, 0) is 23.6 Å². The Morgan fingerprint density at radius 1 is 1.41 bits per heavy atom. The molecular weight excluding hydrogens is 234 g/mol. The van der Waals surface area contributed by atoms with E-state index in [1.165, 1.54) is 5.57 Å². The highest BCUT2D eigenvalue weighted by molar-refractivity contribution is 6.19. The Morgan fingerprint density at radius 3 is 2.53 bits per heavy atom. The number of alkyl halides is 1. The van der Waals surface area contributed by atoms with Gasteiger partial charge in [0, 0.05) is 5.88 Å². The van der Waals surface area contributed by atoms with Crippen LogP contribution < -0.4 is 4.74 Å². The molecule has 17 heavy (non-hydrogen) atoms. The molecule has 90 valence electrons. The third-order valence-corrected chi connectivity index (χ3v) is 2.74. The summed E-state index contributed by atoms with van der Waals surface area (Å²) in [4.78, 5) is 0. The maximum Gasteiger partial charge on any atom is 0.174 e. The van der Waals surface area contributed by atoms with E-state index in [1.807, 2.05) is 30.3 Å². The Bertz CT molecular complexity index is 415. The normalized spacial score (nSPS) is 11.4. The second-order valence-electron chi connectivity index (χ2n) is 4.02. The average molecular weight is 250 g/mol. The highest BCUT2D eigenvalue weighted by Crippen LogP contribution is 2.18. The van der Waals surface area contributed by atoms with Gasteiger partial charge in [0.15, 0.2) is 6.61 Å². The molecule has 0 unspecified atom stereocenters. The smallest absolute Gasteiger partial charge is 0.174 e. The van der Waals surface area contributed by atoms with Crippen LogP contribution in [0.5, 0.6) is 5.75 Å². The number of hydrogen-bond donors (Lipinski definition) is 0. The lowest BCUT2D eigenvalue weighted by atomic mass is 10.0. The van der Waals surface area contributed by atoms with Crippen LogP contribution >= 0.6 is 11.6 Å². The van der Waals surface area contributed by atoms with Gasteiger partial charge >= 0.3 is 0 Å². The van der Waals surface area contributed by atoms with Crippen molar-refractivity contribution in [2.75, 3.05) is 12.5 Å². The van der Waals surface area contributed by atoms with Gasteiger partial charge in [-0.3, -0.25) is 0 Å². The number of rotatable bonds is 5. The van der Waals surface area contributed by atoms with E-state index in [-0.39, 0.29) is 6.61 Å². The van der Waals surface area contributed by atoms with Gasteiger partial charge in [-0.15, -0.1) is 11.6 Å². The molecular formula is C14H16ClNO. The number of ether oxygens (including phenoxy) is 1. The first-order chi connectivity index (χ1) is 8.17. The summed E-state index contributed by atoms with van der Waals surface area (Å²) in [5.74, 6) is 1.70. The van der Waals surface area contributed by atoms with Crippen LogP contribution in [0.3, 0.4) is 0 Å². The maximum atomic E-state index is 8.39. The van der Waals surface area contributed by atoms with E-state index in [0.29, 0.717) is 17.5 Å². The molecule has 1 rings (SSSR count). The van der Waals surface area contributed by atoms with Crippen molar-refractivity contribution in [3.63, 3.8) is 0 Å². The molecule has 0 N–H and O–H groups in total. The third-order valence-electron chi connectivity index (χ3n) is 2.43. The Balaban J connectivity index is 2.77. The Hall–Kier alpha value is -1.46. The second kappa shape index (κ2) is 6.98. The van der Waals surface area contributed by atoms with Crippen LogP contribution in [0, 0.1) is 17.2 Å². The Labute approximate surface area is 107 Å². The van der Waals surface area contributed by atoms with E-state index < -0.39 is 0 Å². The van der Waals surface area contributed by atoms with Crippen molar-refractivity contribution in [1.29, 1.82) is 5.26 Å². The Morgan fingerprint density at radius 2 is 2.06 bits per heavy atom. The van der Waals surface area contributed by atoms with Gasteiger partial charge in [-0.2, -0.15) is 5.26 Å². The third kappa shape index (κ3) is 4.50. The van der Waals surface area contributed by atoms with Crippen molar-refractivity contribution in [3.05, 3.63) is 35.4 Å². The number of hydrogen-bond acceptors (Lipinski definition) is 2. The van der Waals surface area contributed by atoms with Crippen LogP contribution in [-0.4, -0.2) is 12.5 Å². The summed E-state index contributed by atoms with van der Waals surface area (Å²) in [6.07, 6.45) is 2.09. The van der Waals surface area contributed by atoms with Crippen molar-refractivity contribution in [2.45, 2.75) is 13.8 Å². The minimum Gasteiger partial charge on any atom is -0.479 e. The summed E-state index contributed by atoms with van der Waals surface area (Å²) in [6.45, 7) is 4.32. The minimum atomic E-state index is 0.0775. The standard InChI is InChI=1S/C14H16ClNO/c1-11(2)13(10-15)9-12-3-5-14(6-4-12)17-8-7-16/h3-6,9,11H,8,10H2,1-2H3. The number of nitrogens with zero attached hydrogens (tertiary/aromatic N) is 1. The molecule has 0 atom stereocenters. The molecule has 1 aromatic carbocycles. The fourth-order valence-electron chi connectivity index (χ4n) is 1.35. The zero-order chi connectivity index (χ0) is 12.7. The van der Waals surface area contributed by atoms with Crippen LogP contribution in [0.2, 0.25) is 0 Å². The van der Waals surface area contributed by atoms with E-state index in [2.05, 4.69) is 19.9 Å². The fraction of sp³-hybridized carbons (Fsp3) is 0.357. The van der Waals surface area contributed by atoms with Gasteiger partial charge in [0.2, 0.25) is 0 Å². The number of halogens is 1. The average Bonchev–Trinajstić information content (AvgIpc) is 2.34. The summed E-state index contributed by atoms with van der Waals surface area (Å²) >= 11 is 5.88. The SMILES string of the molecule is CC(C)C(=Cc1ccc(OCC#N)cc1)CCl. The lowest BCUT2D eigenvalue weighted by Crippen LogP contribution is -1.95. The van der Waals surface area contributed by atoms with Crippen LogP contribution in [0.1, 0.15) is 19.4 Å². The van der Waals surface area contributed by atoms with Gasteiger partial charge in [0.1, 0.15) is 11.8 Å². The van der Waals surface area contributed by atoms with Gasteiger partial charge in [-0.1, -0.05) is 37.6 Å². The highest BCUT2D eigenvalue weighted by atomic mass is 35.5. The molecule has 0 saturated carbocycles. The molecule has 0 saturated heterocycles. The Kier molecular flexibility index (Phi) is 5.59. The summed E-state index contributed by atoms with van der Waals surface area (Å²) in [5.41, 5.74) is 2.30. The lowest BCUT2D eigenvalue weighted by molar-refractivity contribution is 0.368. The summed E-state index contributed by atoms with van der Waals surface area (Å²) < 4.78 is 5.18. The van der Waals surface area contributed by atoms with Gasteiger partial charge in [0.25, 0.3) is 0 Å². The summed E-state index contributed by atoms with van der Waals surface area (Å²) in [7, 11) is 0. The number of allylic oxidation sites excluding steroid dienone is 1. The summed E-state index contributed by atoms with van der Waals surface area (Å²) in [5, 5.41) is 8.39. The second-order valence-corrected chi connectivity index (χ2v) is 4.29. The van der Waals surface area contributed by atoms with Crippen LogP contribution in [-0.2, 0) is 0 Å². The van der Waals surface area contributed by atoms with Crippen molar-refractivity contribution < 1.29 is 4.74 Å².